The first-order valence-electron chi connectivity index (χ1n) is 4.12. The minimum absolute atomic E-state index is 0.0922. The molecular weight excluding hydrogens is 189 g/mol. The second-order valence-corrected chi connectivity index (χ2v) is 2.61. The minimum atomic E-state index is -0.792. The number of hydrogen-bond acceptors (Lipinski definition) is 4. The maximum Gasteiger partial charge on any atom is 0.311 e. The first-order valence-corrected chi connectivity index (χ1v) is 4.12. The van der Waals surface area contributed by atoms with Crippen molar-refractivity contribution in [2.24, 2.45) is 0 Å². The smallest absolute Gasteiger partial charge is 0.311 e. The molecule has 0 aromatic carbocycles. The van der Waals surface area contributed by atoms with E-state index < -0.39 is 17.5 Å². The van der Waals surface area contributed by atoms with Crippen LogP contribution in [0.5, 0.6) is 5.75 Å². The van der Waals surface area contributed by atoms with Crippen molar-refractivity contribution in [1.82, 2.24) is 4.98 Å². The zero-order chi connectivity index (χ0) is 10.6. The van der Waals surface area contributed by atoms with Crippen LogP contribution in [-0.2, 0) is 16.0 Å². The predicted octanol–water partition coefficient (Wildman–Crippen LogP) is 1.03. The first kappa shape index (κ1) is 10.4. The minimum Gasteiger partial charge on any atom is -0.504 e. The number of esters is 1. The third-order valence-electron chi connectivity index (χ3n) is 1.52. The molecule has 5 heteroatoms. The number of aromatic nitrogens is 1. The van der Waals surface area contributed by atoms with E-state index in [2.05, 4.69) is 9.72 Å². The van der Waals surface area contributed by atoms with Crippen molar-refractivity contribution in [2.45, 2.75) is 13.3 Å². The Labute approximate surface area is 80.3 Å². The van der Waals surface area contributed by atoms with Crippen molar-refractivity contribution >= 4 is 5.97 Å². The van der Waals surface area contributed by atoms with Crippen molar-refractivity contribution in [3.05, 3.63) is 23.8 Å². The zero-order valence-electron chi connectivity index (χ0n) is 7.66. The molecule has 0 fully saturated rings. The summed E-state index contributed by atoms with van der Waals surface area (Å²) in [5, 5.41) is 8.83. The summed E-state index contributed by atoms with van der Waals surface area (Å²) in [5.41, 5.74) is 0.235. The van der Waals surface area contributed by atoms with Crippen molar-refractivity contribution in [3.63, 3.8) is 0 Å². The highest BCUT2D eigenvalue weighted by molar-refractivity contribution is 5.71. The lowest BCUT2D eigenvalue weighted by Gasteiger charge is -2.01. The fourth-order valence-corrected chi connectivity index (χ4v) is 0.920. The van der Waals surface area contributed by atoms with E-state index in [1.165, 1.54) is 0 Å². The maximum absolute atomic E-state index is 12.8. The van der Waals surface area contributed by atoms with Crippen LogP contribution in [0.4, 0.5) is 4.39 Å². The van der Waals surface area contributed by atoms with Crippen LogP contribution in [0.25, 0.3) is 0 Å². The first-order chi connectivity index (χ1) is 6.63. The highest BCUT2D eigenvalue weighted by Gasteiger charge is 2.08. The van der Waals surface area contributed by atoms with Crippen LogP contribution >= 0.6 is 0 Å². The summed E-state index contributed by atoms with van der Waals surface area (Å²) in [4.78, 5) is 14.6. The normalized spacial score (nSPS) is 9.86. The predicted molar refractivity (Wildman–Crippen MR) is 46.2 cm³/mol. The Bertz CT molecular complexity index is 341. The molecule has 4 nitrogen and oxygen atoms in total. The Hall–Kier alpha value is -1.65. The summed E-state index contributed by atoms with van der Waals surface area (Å²) >= 11 is 0. The topological polar surface area (TPSA) is 59.4 Å². The molecule has 0 saturated heterocycles. The van der Waals surface area contributed by atoms with Gasteiger partial charge in [-0.2, -0.15) is 0 Å². The molecule has 1 aromatic rings. The van der Waals surface area contributed by atoms with E-state index in [1.807, 2.05) is 0 Å². The number of aromatic hydroxyl groups is 1. The Morgan fingerprint density at radius 1 is 1.71 bits per heavy atom. The molecule has 0 aliphatic rings. The largest absolute Gasteiger partial charge is 0.504 e. The summed E-state index contributed by atoms with van der Waals surface area (Å²) < 4.78 is 17.4. The molecule has 0 saturated carbocycles. The van der Waals surface area contributed by atoms with E-state index in [9.17, 15) is 9.18 Å². The van der Waals surface area contributed by atoms with Gasteiger partial charge in [-0.15, -0.1) is 0 Å². The van der Waals surface area contributed by atoms with Gasteiger partial charge in [-0.3, -0.25) is 9.78 Å². The number of ether oxygens (including phenoxy) is 1. The molecule has 0 aliphatic heterocycles. The summed E-state index contributed by atoms with van der Waals surface area (Å²) in [6, 6.07) is 1.01. The van der Waals surface area contributed by atoms with Gasteiger partial charge in [-0.05, 0) is 13.0 Å². The molecule has 0 amide bonds. The monoisotopic (exact) mass is 199 g/mol. The van der Waals surface area contributed by atoms with Gasteiger partial charge >= 0.3 is 5.97 Å². The van der Waals surface area contributed by atoms with E-state index in [0.29, 0.717) is 0 Å². The van der Waals surface area contributed by atoms with E-state index in [0.717, 1.165) is 12.3 Å². The van der Waals surface area contributed by atoms with Crippen LogP contribution < -0.4 is 0 Å². The third kappa shape index (κ3) is 2.69. The van der Waals surface area contributed by atoms with Gasteiger partial charge in [-0.25, -0.2) is 4.39 Å². The Kier molecular flexibility index (Phi) is 3.39. The lowest BCUT2D eigenvalue weighted by atomic mass is 10.2. The highest BCUT2D eigenvalue weighted by Crippen LogP contribution is 2.13. The van der Waals surface area contributed by atoms with Crippen LogP contribution in [0.3, 0.4) is 0 Å². The fourth-order valence-electron chi connectivity index (χ4n) is 0.920. The quantitative estimate of drug-likeness (QED) is 0.738. The van der Waals surface area contributed by atoms with Crippen LogP contribution in [0.1, 0.15) is 12.6 Å². The van der Waals surface area contributed by atoms with Crippen LogP contribution in [-0.4, -0.2) is 22.7 Å². The second-order valence-electron chi connectivity index (χ2n) is 2.61. The van der Waals surface area contributed by atoms with Crippen LogP contribution in [0, 0.1) is 5.82 Å². The van der Waals surface area contributed by atoms with Crippen LogP contribution in [0.2, 0.25) is 0 Å². The molecule has 0 spiro atoms. The SMILES string of the molecule is CCOC(=O)Cc1cc(F)c(O)cn1. The molecule has 0 unspecified atom stereocenters. The number of pyridine rings is 1. The van der Waals surface area contributed by atoms with Gasteiger partial charge in [0, 0.05) is 0 Å². The summed E-state index contributed by atoms with van der Waals surface area (Å²) in [6.45, 7) is 1.96. The van der Waals surface area contributed by atoms with Gasteiger partial charge < -0.3 is 9.84 Å². The summed E-state index contributed by atoms with van der Waals surface area (Å²) in [7, 11) is 0. The molecule has 0 aliphatic carbocycles. The average Bonchev–Trinajstić information content (AvgIpc) is 2.12. The summed E-state index contributed by atoms with van der Waals surface area (Å²) in [5.74, 6) is -1.79. The number of carbonyl (C=O) groups excluding carboxylic acids is 1. The summed E-state index contributed by atoms with van der Waals surface area (Å²) in [6.07, 6.45) is 0.870. The molecule has 1 rings (SSSR count). The molecule has 14 heavy (non-hydrogen) atoms. The Morgan fingerprint density at radius 2 is 2.43 bits per heavy atom. The van der Waals surface area contributed by atoms with Crippen molar-refractivity contribution < 1.29 is 19.0 Å². The molecule has 1 N–H and O–H groups in total. The molecular formula is C9H10FNO3. The van der Waals surface area contributed by atoms with E-state index >= 15 is 0 Å². The van der Waals surface area contributed by atoms with Gasteiger partial charge in [-0.1, -0.05) is 0 Å². The van der Waals surface area contributed by atoms with Crippen molar-refractivity contribution in [2.75, 3.05) is 6.61 Å². The fraction of sp³-hybridized carbons (Fsp3) is 0.333. The second kappa shape index (κ2) is 4.55. The number of carbonyl (C=O) groups is 1. The zero-order valence-corrected chi connectivity index (χ0v) is 7.66. The average molecular weight is 199 g/mol. The van der Waals surface area contributed by atoms with Gasteiger partial charge in [0.15, 0.2) is 11.6 Å². The number of halogens is 1. The maximum atomic E-state index is 12.8. The van der Waals surface area contributed by atoms with Gasteiger partial charge in [0.05, 0.1) is 24.9 Å². The van der Waals surface area contributed by atoms with E-state index in [1.54, 1.807) is 6.92 Å². The third-order valence-corrected chi connectivity index (χ3v) is 1.52. The van der Waals surface area contributed by atoms with E-state index in [4.69, 9.17) is 5.11 Å². The Morgan fingerprint density at radius 3 is 3.00 bits per heavy atom. The lowest BCUT2D eigenvalue weighted by Crippen LogP contribution is -2.08. The van der Waals surface area contributed by atoms with Gasteiger partial charge in [0.25, 0.3) is 0 Å². The van der Waals surface area contributed by atoms with Gasteiger partial charge in [0.1, 0.15) is 0 Å². The van der Waals surface area contributed by atoms with E-state index in [-0.39, 0.29) is 18.7 Å². The van der Waals surface area contributed by atoms with Gasteiger partial charge in [0.2, 0.25) is 0 Å². The molecule has 0 radical (unpaired) electrons. The van der Waals surface area contributed by atoms with Crippen molar-refractivity contribution in [1.29, 1.82) is 0 Å². The van der Waals surface area contributed by atoms with Crippen LogP contribution in [0.15, 0.2) is 12.3 Å². The lowest BCUT2D eigenvalue weighted by molar-refractivity contribution is -0.142. The molecule has 1 heterocycles. The molecule has 0 atom stereocenters. The van der Waals surface area contributed by atoms with Crippen molar-refractivity contribution in [3.8, 4) is 5.75 Å². The molecule has 0 bridgehead atoms. The standard InChI is InChI=1S/C9H10FNO3/c1-2-14-9(13)4-6-3-7(10)8(12)5-11-6/h3,5,12H,2,4H2,1H3. The number of nitrogens with zero attached hydrogens (tertiary/aromatic N) is 1. The number of hydrogen-bond donors (Lipinski definition) is 1. The highest BCUT2D eigenvalue weighted by atomic mass is 19.1. The Balaban J connectivity index is 2.68. The molecule has 1 aromatic heterocycles. The molecule has 76 valence electrons. The number of rotatable bonds is 3.